The Morgan fingerprint density at radius 1 is 1.33 bits per heavy atom. The van der Waals surface area contributed by atoms with Crippen molar-refractivity contribution in [3.63, 3.8) is 0 Å². The zero-order valence-corrected chi connectivity index (χ0v) is 13.6. The molecule has 0 N–H and O–H groups in total. The van der Waals surface area contributed by atoms with Crippen LogP contribution in [-0.2, 0) is 14.3 Å². The number of carbonyl (C=O) groups excluding carboxylic acids is 2. The van der Waals surface area contributed by atoms with E-state index in [1.165, 1.54) is 7.11 Å². The van der Waals surface area contributed by atoms with Gasteiger partial charge in [-0.3, -0.25) is 4.79 Å². The van der Waals surface area contributed by atoms with Gasteiger partial charge < -0.3 is 14.4 Å². The molecule has 0 aliphatic carbocycles. The summed E-state index contributed by atoms with van der Waals surface area (Å²) in [5, 5.41) is 3.99. The van der Waals surface area contributed by atoms with Gasteiger partial charge in [-0.1, -0.05) is 0 Å². The van der Waals surface area contributed by atoms with E-state index in [1.807, 2.05) is 37.6 Å². The van der Waals surface area contributed by atoms with E-state index in [-0.39, 0.29) is 23.9 Å². The lowest BCUT2D eigenvalue weighted by Gasteiger charge is -2.24. The Hall–Kier alpha value is -1.56. The Bertz CT molecular complexity index is 506. The molecule has 6 heteroatoms. The number of rotatable bonds is 2. The monoisotopic (exact) mass is 311 g/mol. The van der Waals surface area contributed by atoms with Gasteiger partial charge in [0, 0.05) is 19.0 Å². The van der Waals surface area contributed by atoms with Gasteiger partial charge in [0.15, 0.2) is 0 Å². The molecule has 0 radical (unpaired) electrons. The highest BCUT2D eigenvalue weighted by Crippen LogP contribution is 2.35. The first kappa shape index (κ1) is 15.8. The second-order valence-electron chi connectivity index (χ2n) is 6.18. The van der Waals surface area contributed by atoms with Gasteiger partial charge >= 0.3 is 12.1 Å². The maximum absolute atomic E-state index is 12.2. The summed E-state index contributed by atoms with van der Waals surface area (Å²) in [5.41, 5.74) is 0.527. The molecular formula is C15H21NO4S. The molecule has 0 spiro atoms. The van der Waals surface area contributed by atoms with E-state index in [0.717, 1.165) is 5.56 Å². The molecule has 5 nitrogen and oxygen atoms in total. The molecule has 0 bridgehead atoms. The molecule has 1 amide bonds. The zero-order chi connectivity index (χ0) is 15.6. The van der Waals surface area contributed by atoms with Crippen molar-refractivity contribution in [3.8, 4) is 0 Å². The topological polar surface area (TPSA) is 55.8 Å². The van der Waals surface area contributed by atoms with Crippen molar-refractivity contribution in [1.82, 2.24) is 4.90 Å². The Balaban J connectivity index is 2.14. The Kier molecular flexibility index (Phi) is 4.56. The third kappa shape index (κ3) is 3.75. The number of esters is 1. The highest BCUT2D eigenvalue weighted by molar-refractivity contribution is 7.08. The minimum Gasteiger partial charge on any atom is -0.469 e. The molecule has 1 saturated heterocycles. The Morgan fingerprint density at radius 2 is 2.05 bits per heavy atom. The Labute approximate surface area is 128 Å². The smallest absolute Gasteiger partial charge is 0.410 e. The highest BCUT2D eigenvalue weighted by atomic mass is 32.1. The van der Waals surface area contributed by atoms with Crippen molar-refractivity contribution in [2.45, 2.75) is 32.3 Å². The fourth-order valence-electron chi connectivity index (χ4n) is 2.49. The molecule has 2 atom stereocenters. The van der Waals surface area contributed by atoms with Crippen molar-refractivity contribution < 1.29 is 19.1 Å². The summed E-state index contributed by atoms with van der Waals surface area (Å²) in [5.74, 6) is -0.648. The lowest BCUT2D eigenvalue weighted by atomic mass is 9.91. The van der Waals surface area contributed by atoms with Gasteiger partial charge in [-0.15, -0.1) is 0 Å². The molecule has 2 heterocycles. The SMILES string of the molecule is COC(=O)C1CN(C(=O)OC(C)(C)C)CC1c1ccsc1. The van der Waals surface area contributed by atoms with Crippen molar-refractivity contribution in [3.05, 3.63) is 22.4 Å². The molecule has 1 aliphatic heterocycles. The minimum absolute atomic E-state index is 0.0313. The first-order chi connectivity index (χ1) is 9.81. The summed E-state index contributed by atoms with van der Waals surface area (Å²) in [6.45, 7) is 6.30. The molecule has 116 valence electrons. The maximum atomic E-state index is 12.2. The van der Waals surface area contributed by atoms with Crippen molar-refractivity contribution >= 4 is 23.4 Å². The number of nitrogens with zero attached hydrogens (tertiary/aromatic N) is 1. The Morgan fingerprint density at radius 3 is 2.57 bits per heavy atom. The molecule has 2 unspecified atom stereocenters. The molecule has 1 aliphatic rings. The molecular weight excluding hydrogens is 290 g/mol. The fourth-order valence-corrected chi connectivity index (χ4v) is 3.22. The van der Waals surface area contributed by atoms with Crippen LogP contribution < -0.4 is 0 Å². The second-order valence-corrected chi connectivity index (χ2v) is 6.96. The number of hydrogen-bond acceptors (Lipinski definition) is 5. The number of ether oxygens (including phenoxy) is 2. The van der Waals surface area contributed by atoms with E-state index in [9.17, 15) is 9.59 Å². The van der Waals surface area contributed by atoms with Gasteiger partial charge in [0.2, 0.25) is 0 Å². The molecule has 1 aromatic rings. The maximum Gasteiger partial charge on any atom is 0.410 e. The first-order valence-corrected chi connectivity index (χ1v) is 7.84. The lowest BCUT2D eigenvalue weighted by molar-refractivity contribution is -0.145. The second kappa shape index (κ2) is 6.05. The van der Waals surface area contributed by atoms with Crippen LogP contribution in [0.3, 0.4) is 0 Å². The summed E-state index contributed by atoms with van der Waals surface area (Å²) in [4.78, 5) is 25.8. The van der Waals surface area contributed by atoms with E-state index in [1.54, 1.807) is 16.2 Å². The van der Waals surface area contributed by atoms with E-state index in [2.05, 4.69) is 0 Å². The third-order valence-electron chi connectivity index (χ3n) is 3.45. The molecule has 1 aromatic heterocycles. The van der Waals surface area contributed by atoms with Crippen LogP contribution in [0.1, 0.15) is 32.3 Å². The van der Waals surface area contributed by atoms with Crippen LogP contribution in [-0.4, -0.2) is 42.8 Å². The van der Waals surface area contributed by atoms with Crippen LogP contribution in [0.2, 0.25) is 0 Å². The van der Waals surface area contributed by atoms with Crippen LogP contribution in [0.15, 0.2) is 16.8 Å². The highest BCUT2D eigenvalue weighted by Gasteiger charge is 2.42. The van der Waals surface area contributed by atoms with E-state index in [0.29, 0.717) is 13.1 Å². The summed E-state index contributed by atoms with van der Waals surface area (Å²) in [7, 11) is 1.38. The number of thiophene rings is 1. The number of amides is 1. The van der Waals surface area contributed by atoms with Gasteiger partial charge in [-0.2, -0.15) is 11.3 Å². The van der Waals surface area contributed by atoms with Crippen molar-refractivity contribution in [2.24, 2.45) is 5.92 Å². The summed E-state index contributed by atoms with van der Waals surface area (Å²) >= 11 is 1.58. The molecule has 1 fully saturated rings. The zero-order valence-electron chi connectivity index (χ0n) is 12.8. The van der Waals surface area contributed by atoms with Crippen LogP contribution in [0.5, 0.6) is 0 Å². The van der Waals surface area contributed by atoms with E-state index >= 15 is 0 Å². The molecule has 0 saturated carbocycles. The molecule has 2 rings (SSSR count). The minimum atomic E-state index is -0.543. The molecule has 21 heavy (non-hydrogen) atoms. The number of hydrogen-bond donors (Lipinski definition) is 0. The van der Waals surface area contributed by atoms with Crippen LogP contribution in [0.4, 0.5) is 4.79 Å². The van der Waals surface area contributed by atoms with Gasteiger partial charge in [-0.25, -0.2) is 4.79 Å². The molecule has 0 aromatic carbocycles. The predicted molar refractivity (Wildman–Crippen MR) is 80.4 cm³/mol. The normalized spacial score (nSPS) is 22.2. The van der Waals surface area contributed by atoms with Crippen molar-refractivity contribution in [1.29, 1.82) is 0 Å². The summed E-state index contributed by atoms with van der Waals surface area (Å²) < 4.78 is 10.3. The van der Waals surface area contributed by atoms with Crippen LogP contribution in [0.25, 0.3) is 0 Å². The number of likely N-dealkylation sites (tertiary alicyclic amines) is 1. The third-order valence-corrected chi connectivity index (χ3v) is 4.15. The van der Waals surface area contributed by atoms with Gasteiger partial charge in [0.05, 0.1) is 13.0 Å². The van der Waals surface area contributed by atoms with Crippen LogP contribution in [0, 0.1) is 5.92 Å². The summed E-state index contributed by atoms with van der Waals surface area (Å²) in [6.07, 6.45) is -0.380. The average Bonchev–Trinajstić information content (AvgIpc) is 3.04. The fraction of sp³-hybridized carbons (Fsp3) is 0.600. The van der Waals surface area contributed by atoms with Crippen LogP contribution >= 0.6 is 11.3 Å². The standard InChI is InChI=1S/C15H21NO4S/c1-15(2,3)20-14(18)16-7-11(10-5-6-21-9-10)12(8-16)13(17)19-4/h5-6,9,11-12H,7-8H2,1-4H3. The largest absolute Gasteiger partial charge is 0.469 e. The van der Waals surface area contributed by atoms with E-state index in [4.69, 9.17) is 9.47 Å². The van der Waals surface area contributed by atoms with Gasteiger partial charge in [-0.05, 0) is 43.2 Å². The van der Waals surface area contributed by atoms with Gasteiger partial charge in [0.1, 0.15) is 5.60 Å². The van der Waals surface area contributed by atoms with E-state index < -0.39 is 5.60 Å². The average molecular weight is 311 g/mol. The predicted octanol–water partition coefficient (Wildman–Crippen LogP) is 2.87. The first-order valence-electron chi connectivity index (χ1n) is 6.89. The van der Waals surface area contributed by atoms with Gasteiger partial charge in [0.25, 0.3) is 0 Å². The lowest BCUT2D eigenvalue weighted by Crippen LogP contribution is -2.36. The quantitative estimate of drug-likeness (QED) is 0.788. The summed E-state index contributed by atoms with van der Waals surface area (Å²) in [6, 6.07) is 1.99. The number of methoxy groups -OCH3 is 1. The number of carbonyl (C=O) groups is 2. The van der Waals surface area contributed by atoms with Crippen molar-refractivity contribution in [2.75, 3.05) is 20.2 Å².